The van der Waals surface area contributed by atoms with E-state index in [1.54, 1.807) is 7.11 Å². The predicted octanol–water partition coefficient (Wildman–Crippen LogP) is 3.97. The number of nitrogens with one attached hydrogen (secondary N) is 2. The topological polar surface area (TPSA) is 58.1 Å². The van der Waals surface area contributed by atoms with Crippen LogP contribution in [0.15, 0.2) is 23.2 Å². The van der Waals surface area contributed by atoms with E-state index in [-0.39, 0.29) is 29.9 Å². The van der Waals surface area contributed by atoms with Gasteiger partial charge in [0.2, 0.25) is 0 Å². The van der Waals surface area contributed by atoms with Crippen molar-refractivity contribution >= 4 is 35.6 Å². The summed E-state index contributed by atoms with van der Waals surface area (Å²) in [6.45, 7) is 5.57. The van der Waals surface area contributed by atoms with Gasteiger partial charge in [-0.2, -0.15) is 13.2 Å². The van der Waals surface area contributed by atoms with Crippen molar-refractivity contribution in [1.82, 2.24) is 10.2 Å². The van der Waals surface area contributed by atoms with E-state index in [4.69, 9.17) is 9.47 Å². The lowest BCUT2D eigenvalue weighted by Gasteiger charge is -2.17. The van der Waals surface area contributed by atoms with Crippen LogP contribution in [0.2, 0.25) is 0 Å². The van der Waals surface area contributed by atoms with E-state index >= 15 is 0 Å². The van der Waals surface area contributed by atoms with Gasteiger partial charge in [0.25, 0.3) is 0 Å². The summed E-state index contributed by atoms with van der Waals surface area (Å²) < 4.78 is 48.4. The summed E-state index contributed by atoms with van der Waals surface area (Å²) in [7, 11) is 1.58. The van der Waals surface area contributed by atoms with Crippen LogP contribution in [0.5, 0.6) is 11.5 Å². The lowest BCUT2D eigenvalue weighted by Crippen LogP contribution is -2.33. The smallest absolute Gasteiger partial charge is 0.401 e. The number of halogens is 4. The highest BCUT2D eigenvalue weighted by molar-refractivity contribution is 14.0. The van der Waals surface area contributed by atoms with Gasteiger partial charge in [-0.1, -0.05) is 0 Å². The molecule has 0 bridgehead atoms. The SMILES string of the molecule is CCNC(=NCC1CCN(CC(F)(F)F)C1)Nc1ccc(OCC)c(OC)c1.I. The van der Waals surface area contributed by atoms with Crippen molar-refractivity contribution in [3.05, 3.63) is 18.2 Å². The van der Waals surface area contributed by atoms with Gasteiger partial charge in [-0.25, -0.2) is 0 Å². The Bertz CT molecular complexity index is 659. The highest BCUT2D eigenvalue weighted by Crippen LogP contribution is 2.30. The minimum absolute atomic E-state index is 0. The Balaban J connectivity index is 0.00000420. The van der Waals surface area contributed by atoms with E-state index in [2.05, 4.69) is 15.6 Å². The fourth-order valence-electron chi connectivity index (χ4n) is 3.14. The maximum atomic E-state index is 12.5. The normalized spacial score (nSPS) is 17.6. The molecule has 166 valence electrons. The van der Waals surface area contributed by atoms with Gasteiger partial charge < -0.3 is 20.1 Å². The molecular weight excluding hydrogens is 500 g/mol. The van der Waals surface area contributed by atoms with E-state index in [9.17, 15) is 13.2 Å². The number of ether oxygens (including phenoxy) is 2. The largest absolute Gasteiger partial charge is 0.493 e. The van der Waals surface area contributed by atoms with Crippen LogP contribution in [0.3, 0.4) is 0 Å². The van der Waals surface area contributed by atoms with Crippen LogP contribution in [0.1, 0.15) is 20.3 Å². The minimum Gasteiger partial charge on any atom is -0.493 e. The Morgan fingerprint density at radius 2 is 2.03 bits per heavy atom. The molecule has 0 spiro atoms. The first-order chi connectivity index (χ1) is 13.3. The first-order valence-corrected chi connectivity index (χ1v) is 9.49. The second kappa shape index (κ2) is 12.3. The molecular formula is C19H30F3IN4O2. The van der Waals surface area contributed by atoms with Gasteiger partial charge in [-0.3, -0.25) is 9.89 Å². The van der Waals surface area contributed by atoms with E-state index in [1.807, 2.05) is 32.0 Å². The molecule has 10 heteroatoms. The van der Waals surface area contributed by atoms with E-state index in [1.165, 1.54) is 4.90 Å². The van der Waals surface area contributed by atoms with Crippen molar-refractivity contribution in [1.29, 1.82) is 0 Å². The fraction of sp³-hybridized carbons (Fsp3) is 0.632. The molecule has 0 radical (unpaired) electrons. The van der Waals surface area contributed by atoms with Gasteiger partial charge >= 0.3 is 6.18 Å². The zero-order chi connectivity index (χ0) is 20.6. The standard InChI is InChI=1S/C19H29F3N4O2.HI/c1-4-23-18(24-11-14-8-9-26(12-14)13-19(20,21)22)25-15-6-7-16(28-5-2)17(10-15)27-3;/h6-7,10,14H,4-5,8-9,11-13H2,1-3H3,(H2,23,24,25);1H. The highest BCUT2D eigenvalue weighted by Gasteiger charge is 2.34. The summed E-state index contributed by atoms with van der Waals surface area (Å²) >= 11 is 0. The van der Waals surface area contributed by atoms with Crippen LogP contribution in [0, 0.1) is 5.92 Å². The van der Waals surface area contributed by atoms with Gasteiger partial charge in [-0.05, 0) is 44.9 Å². The summed E-state index contributed by atoms with van der Waals surface area (Å²) in [6.07, 6.45) is -3.43. The molecule has 1 unspecified atom stereocenters. The zero-order valence-electron chi connectivity index (χ0n) is 17.0. The molecule has 1 saturated heterocycles. The molecule has 1 aliphatic heterocycles. The second-order valence-electron chi connectivity index (χ2n) is 6.65. The number of nitrogens with zero attached hydrogens (tertiary/aromatic N) is 2. The Kier molecular flexibility index (Phi) is 10.9. The number of methoxy groups -OCH3 is 1. The van der Waals surface area contributed by atoms with Crippen LogP contribution in [-0.2, 0) is 0 Å². The second-order valence-corrected chi connectivity index (χ2v) is 6.65. The maximum Gasteiger partial charge on any atom is 0.401 e. The number of hydrogen-bond acceptors (Lipinski definition) is 4. The summed E-state index contributed by atoms with van der Waals surface area (Å²) in [5.74, 6) is 1.98. The Morgan fingerprint density at radius 3 is 2.66 bits per heavy atom. The van der Waals surface area contributed by atoms with Gasteiger partial charge in [0.15, 0.2) is 17.5 Å². The highest BCUT2D eigenvalue weighted by atomic mass is 127. The lowest BCUT2D eigenvalue weighted by atomic mass is 10.1. The number of anilines is 1. The molecule has 1 aromatic rings. The molecule has 1 heterocycles. The van der Waals surface area contributed by atoms with Crippen molar-refractivity contribution in [2.75, 3.05) is 51.8 Å². The van der Waals surface area contributed by atoms with Crippen molar-refractivity contribution in [3.63, 3.8) is 0 Å². The van der Waals surface area contributed by atoms with E-state index in [0.29, 0.717) is 50.2 Å². The lowest BCUT2D eigenvalue weighted by molar-refractivity contribution is -0.143. The van der Waals surface area contributed by atoms with E-state index in [0.717, 1.165) is 12.1 Å². The molecule has 29 heavy (non-hydrogen) atoms. The number of hydrogen-bond donors (Lipinski definition) is 2. The van der Waals surface area contributed by atoms with Gasteiger partial charge in [0, 0.05) is 31.4 Å². The molecule has 2 rings (SSSR count). The van der Waals surface area contributed by atoms with Crippen molar-refractivity contribution in [3.8, 4) is 11.5 Å². The van der Waals surface area contributed by atoms with E-state index < -0.39 is 12.7 Å². The Morgan fingerprint density at radius 1 is 1.28 bits per heavy atom. The quantitative estimate of drug-likeness (QED) is 0.303. The molecule has 0 aliphatic carbocycles. The molecule has 0 saturated carbocycles. The van der Waals surface area contributed by atoms with Crippen LogP contribution < -0.4 is 20.1 Å². The number of benzene rings is 1. The van der Waals surface area contributed by atoms with Crippen molar-refractivity contribution in [2.24, 2.45) is 10.9 Å². The molecule has 0 amide bonds. The number of aliphatic imine (C=N–C) groups is 1. The minimum atomic E-state index is -4.15. The van der Waals surface area contributed by atoms with Crippen molar-refractivity contribution < 1.29 is 22.6 Å². The average molecular weight is 530 g/mol. The zero-order valence-corrected chi connectivity index (χ0v) is 19.3. The maximum absolute atomic E-state index is 12.5. The molecule has 1 aliphatic rings. The third-order valence-electron chi connectivity index (χ3n) is 4.35. The van der Waals surface area contributed by atoms with Gasteiger partial charge in [-0.15, -0.1) is 24.0 Å². The first kappa shape index (κ1) is 25.6. The number of likely N-dealkylation sites (tertiary alicyclic amines) is 1. The summed E-state index contributed by atoms with van der Waals surface area (Å²) in [5, 5.41) is 6.36. The Labute approximate surface area is 187 Å². The monoisotopic (exact) mass is 530 g/mol. The van der Waals surface area contributed by atoms with Gasteiger partial charge in [0.1, 0.15) is 0 Å². The molecule has 1 aromatic carbocycles. The average Bonchev–Trinajstić information content (AvgIpc) is 3.06. The van der Waals surface area contributed by atoms with Crippen LogP contribution in [-0.4, -0.2) is 63.5 Å². The molecule has 1 atom stereocenters. The summed E-state index contributed by atoms with van der Waals surface area (Å²) in [4.78, 5) is 5.99. The van der Waals surface area contributed by atoms with Crippen LogP contribution in [0.25, 0.3) is 0 Å². The van der Waals surface area contributed by atoms with Crippen LogP contribution >= 0.6 is 24.0 Å². The molecule has 0 aromatic heterocycles. The molecule has 2 N–H and O–H groups in total. The summed E-state index contributed by atoms with van der Waals surface area (Å²) in [6, 6.07) is 5.50. The predicted molar refractivity (Wildman–Crippen MR) is 120 cm³/mol. The molecule has 6 nitrogen and oxygen atoms in total. The molecule has 1 fully saturated rings. The number of guanidine groups is 1. The third-order valence-corrected chi connectivity index (χ3v) is 4.35. The first-order valence-electron chi connectivity index (χ1n) is 9.49. The fourth-order valence-corrected chi connectivity index (χ4v) is 3.14. The number of alkyl halides is 3. The summed E-state index contributed by atoms with van der Waals surface area (Å²) in [5.41, 5.74) is 0.783. The number of rotatable bonds is 8. The Hall–Kier alpha value is -1.43. The van der Waals surface area contributed by atoms with Crippen molar-refractivity contribution in [2.45, 2.75) is 26.4 Å². The van der Waals surface area contributed by atoms with Crippen LogP contribution in [0.4, 0.5) is 18.9 Å². The third kappa shape index (κ3) is 8.85. The van der Waals surface area contributed by atoms with Gasteiger partial charge in [0.05, 0.1) is 20.3 Å².